The SMILES string of the molecule is FC(F)(F)c1cc(-c2cc(-c3ccccc3)nc(-c3ccccc3)n2)c(-n2c3ccccc3c3ccc(-c4ccccc4)cc32)c(-c2cc(-c3ccccc3)nc(-c3ccccc3)n2)c1. The number of hydrogen-bond acceptors (Lipinski definition) is 4. The summed E-state index contributed by atoms with van der Waals surface area (Å²) in [6.45, 7) is 0. The third-order valence-corrected chi connectivity index (χ3v) is 11.6. The monoisotopic (exact) mass is 847 g/mol. The number of fused-ring (bicyclic) bond motifs is 3. The molecule has 3 aromatic heterocycles. The summed E-state index contributed by atoms with van der Waals surface area (Å²) in [5, 5.41) is 1.88. The summed E-state index contributed by atoms with van der Waals surface area (Å²) in [6, 6.07) is 68.7. The summed E-state index contributed by atoms with van der Waals surface area (Å²) in [7, 11) is 0. The highest BCUT2D eigenvalue weighted by atomic mass is 19.4. The molecule has 0 spiro atoms. The van der Waals surface area contributed by atoms with Crippen molar-refractivity contribution in [1.82, 2.24) is 24.5 Å². The van der Waals surface area contributed by atoms with Crippen molar-refractivity contribution in [3.05, 3.63) is 224 Å². The van der Waals surface area contributed by atoms with Crippen LogP contribution >= 0.6 is 0 Å². The molecule has 0 amide bonds. The lowest BCUT2D eigenvalue weighted by atomic mass is 9.95. The molecule has 11 rings (SSSR count). The first-order valence-corrected chi connectivity index (χ1v) is 21.2. The number of aromatic nitrogens is 5. The lowest BCUT2D eigenvalue weighted by Gasteiger charge is -2.22. The van der Waals surface area contributed by atoms with Gasteiger partial charge in [0.15, 0.2) is 11.6 Å². The molecule has 0 aliphatic heterocycles. The van der Waals surface area contributed by atoms with Crippen molar-refractivity contribution >= 4 is 21.8 Å². The molecule has 0 aliphatic rings. The Morgan fingerprint density at radius 3 is 1.20 bits per heavy atom. The number of halogens is 3. The fraction of sp³-hybridized carbons (Fsp3) is 0.0175. The molecule has 5 nitrogen and oxygen atoms in total. The number of rotatable bonds is 8. The van der Waals surface area contributed by atoms with Crippen molar-refractivity contribution in [2.45, 2.75) is 6.18 Å². The first kappa shape index (κ1) is 39.4. The van der Waals surface area contributed by atoms with E-state index in [0.717, 1.165) is 55.2 Å². The summed E-state index contributed by atoms with van der Waals surface area (Å²) >= 11 is 0. The van der Waals surface area contributed by atoms with Gasteiger partial charge in [-0.3, -0.25) is 0 Å². The van der Waals surface area contributed by atoms with Crippen LogP contribution in [0.4, 0.5) is 13.2 Å². The molecular weight excluding hydrogens is 812 g/mol. The minimum Gasteiger partial charge on any atom is -0.308 e. The van der Waals surface area contributed by atoms with E-state index in [4.69, 9.17) is 19.9 Å². The van der Waals surface area contributed by atoms with E-state index in [2.05, 4.69) is 41.0 Å². The van der Waals surface area contributed by atoms with Gasteiger partial charge in [-0.25, -0.2) is 19.9 Å². The molecule has 8 aromatic carbocycles. The maximum absolute atomic E-state index is 15.7. The number of benzene rings is 8. The first-order valence-electron chi connectivity index (χ1n) is 21.2. The number of para-hydroxylation sites is 1. The fourth-order valence-electron chi connectivity index (χ4n) is 8.57. The average molecular weight is 848 g/mol. The average Bonchev–Trinajstić information content (AvgIpc) is 3.70. The second kappa shape index (κ2) is 16.3. The van der Waals surface area contributed by atoms with E-state index in [1.165, 1.54) is 12.1 Å². The topological polar surface area (TPSA) is 56.5 Å². The van der Waals surface area contributed by atoms with Gasteiger partial charge in [0, 0.05) is 44.2 Å². The van der Waals surface area contributed by atoms with Gasteiger partial charge in [-0.15, -0.1) is 0 Å². The van der Waals surface area contributed by atoms with Crippen LogP contribution in [0.1, 0.15) is 5.56 Å². The van der Waals surface area contributed by atoms with E-state index in [9.17, 15) is 0 Å². The highest BCUT2D eigenvalue weighted by Gasteiger charge is 2.34. The summed E-state index contributed by atoms with van der Waals surface area (Å²) in [6.07, 6.45) is -4.75. The van der Waals surface area contributed by atoms with Gasteiger partial charge in [-0.05, 0) is 47.5 Å². The smallest absolute Gasteiger partial charge is 0.308 e. The zero-order valence-corrected chi connectivity index (χ0v) is 34.7. The molecule has 0 fully saturated rings. The Morgan fingerprint density at radius 1 is 0.323 bits per heavy atom. The van der Waals surface area contributed by atoms with Crippen LogP contribution in [0.25, 0.3) is 106 Å². The van der Waals surface area contributed by atoms with E-state index in [0.29, 0.717) is 40.1 Å². The van der Waals surface area contributed by atoms with Crippen molar-refractivity contribution in [3.8, 4) is 84.6 Å². The van der Waals surface area contributed by atoms with Gasteiger partial charge < -0.3 is 4.57 Å². The molecule has 0 atom stereocenters. The summed E-state index contributed by atoms with van der Waals surface area (Å²) in [5.74, 6) is 0.750. The highest BCUT2D eigenvalue weighted by molar-refractivity contribution is 6.11. The van der Waals surface area contributed by atoms with Crippen LogP contribution in [-0.2, 0) is 6.18 Å². The van der Waals surface area contributed by atoms with Gasteiger partial charge in [0.05, 0.1) is 45.1 Å². The zero-order valence-electron chi connectivity index (χ0n) is 34.7. The van der Waals surface area contributed by atoms with Crippen molar-refractivity contribution < 1.29 is 13.2 Å². The van der Waals surface area contributed by atoms with E-state index >= 15 is 13.2 Å². The Kier molecular flexibility index (Phi) is 9.89. The van der Waals surface area contributed by atoms with Crippen LogP contribution in [0.2, 0.25) is 0 Å². The lowest BCUT2D eigenvalue weighted by Crippen LogP contribution is -2.10. The quantitative estimate of drug-likeness (QED) is 0.153. The minimum absolute atomic E-state index is 0.250. The number of nitrogens with zero attached hydrogens (tertiary/aromatic N) is 5. The second-order valence-electron chi connectivity index (χ2n) is 15.8. The molecular formula is C57H36F3N5. The number of alkyl halides is 3. The van der Waals surface area contributed by atoms with Crippen molar-refractivity contribution in [3.63, 3.8) is 0 Å². The molecule has 3 heterocycles. The Balaban J connectivity index is 1.32. The Labute approximate surface area is 372 Å². The van der Waals surface area contributed by atoms with Gasteiger partial charge in [-0.1, -0.05) is 182 Å². The van der Waals surface area contributed by atoms with E-state index < -0.39 is 11.7 Å². The molecule has 0 bridgehead atoms. The van der Waals surface area contributed by atoms with E-state index in [1.54, 1.807) is 12.1 Å². The number of hydrogen-bond donors (Lipinski definition) is 0. The largest absolute Gasteiger partial charge is 0.416 e. The standard InChI is InChI=1S/C57H36F3N5/c58-57(59,60)43-33-46(50-35-48(38-20-8-2-9-21-38)61-55(63-50)40-24-12-4-13-25-40)54(65-52-29-17-16-28-44(52)45-31-30-42(32-53(45)65)37-18-6-1-7-19-37)47(34-43)51-36-49(39-22-10-3-11-23-39)62-56(64-51)41-26-14-5-15-27-41/h1-36H. The lowest BCUT2D eigenvalue weighted by molar-refractivity contribution is -0.137. The normalized spacial score (nSPS) is 11.6. The first-order chi connectivity index (χ1) is 31.9. The molecule has 310 valence electrons. The third-order valence-electron chi connectivity index (χ3n) is 11.6. The van der Waals surface area contributed by atoms with Crippen LogP contribution in [0.3, 0.4) is 0 Å². The highest BCUT2D eigenvalue weighted by Crippen LogP contribution is 2.46. The molecule has 65 heavy (non-hydrogen) atoms. The second-order valence-corrected chi connectivity index (χ2v) is 15.8. The molecule has 11 aromatic rings. The zero-order chi connectivity index (χ0) is 43.9. The predicted octanol–water partition coefficient (Wildman–Crippen LogP) is 15.1. The molecule has 0 saturated heterocycles. The molecule has 0 saturated carbocycles. The Hall–Kier alpha value is -8.49. The van der Waals surface area contributed by atoms with Gasteiger partial charge in [0.2, 0.25) is 0 Å². The van der Waals surface area contributed by atoms with Crippen LogP contribution < -0.4 is 0 Å². The minimum atomic E-state index is -4.75. The Morgan fingerprint density at radius 2 is 0.723 bits per heavy atom. The van der Waals surface area contributed by atoms with E-state index in [1.807, 2.05) is 158 Å². The van der Waals surface area contributed by atoms with Gasteiger partial charge in [-0.2, -0.15) is 13.2 Å². The van der Waals surface area contributed by atoms with Crippen molar-refractivity contribution in [1.29, 1.82) is 0 Å². The van der Waals surface area contributed by atoms with Crippen LogP contribution in [-0.4, -0.2) is 24.5 Å². The van der Waals surface area contributed by atoms with E-state index in [-0.39, 0.29) is 11.1 Å². The maximum atomic E-state index is 15.7. The summed E-state index contributed by atoms with van der Waals surface area (Å²) in [4.78, 5) is 20.4. The fourth-order valence-corrected chi connectivity index (χ4v) is 8.57. The predicted molar refractivity (Wildman–Crippen MR) is 255 cm³/mol. The third kappa shape index (κ3) is 7.51. The van der Waals surface area contributed by atoms with Crippen LogP contribution in [0, 0.1) is 0 Å². The van der Waals surface area contributed by atoms with Gasteiger partial charge in [0.25, 0.3) is 0 Å². The summed E-state index contributed by atoms with van der Waals surface area (Å²) < 4.78 is 49.2. The Bertz CT molecular complexity index is 3240. The van der Waals surface area contributed by atoms with Gasteiger partial charge in [0.1, 0.15) is 0 Å². The maximum Gasteiger partial charge on any atom is 0.416 e. The van der Waals surface area contributed by atoms with Gasteiger partial charge >= 0.3 is 6.18 Å². The molecule has 0 radical (unpaired) electrons. The van der Waals surface area contributed by atoms with Crippen molar-refractivity contribution in [2.75, 3.05) is 0 Å². The molecule has 0 unspecified atom stereocenters. The van der Waals surface area contributed by atoms with Crippen LogP contribution in [0.5, 0.6) is 0 Å². The molecule has 0 N–H and O–H groups in total. The summed E-state index contributed by atoms with van der Waals surface area (Å²) in [5.41, 5.74) is 8.47. The molecule has 0 aliphatic carbocycles. The molecule has 8 heteroatoms. The van der Waals surface area contributed by atoms with Crippen LogP contribution in [0.15, 0.2) is 218 Å². The van der Waals surface area contributed by atoms with Crippen molar-refractivity contribution in [2.24, 2.45) is 0 Å².